The summed E-state index contributed by atoms with van der Waals surface area (Å²) in [6, 6.07) is 2.29. The fourth-order valence-electron chi connectivity index (χ4n) is 1.84. The Labute approximate surface area is 105 Å². The number of benzene rings is 1. The molecule has 0 amide bonds. The second-order valence-corrected chi connectivity index (χ2v) is 3.92. The maximum Gasteiger partial charge on any atom is 0.186 e. The lowest BCUT2D eigenvalue weighted by atomic mass is 10.1. The summed E-state index contributed by atoms with van der Waals surface area (Å²) in [7, 11) is 0. The number of nitrogens with two attached hydrogens (primary N) is 2. The second-order valence-electron chi connectivity index (χ2n) is 3.92. The average Bonchev–Trinajstić information content (AvgIpc) is 2.80. The third-order valence-electron chi connectivity index (χ3n) is 2.73. The van der Waals surface area contributed by atoms with E-state index in [1.54, 1.807) is 0 Å². The van der Waals surface area contributed by atoms with Crippen molar-refractivity contribution in [1.82, 2.24) is 20.2 Å². The number of H-pyrrole nitrogens is 1. The number of nitrogens with zero attached hydrogens (tertiary/aromatic N) is 3. The predicted molar refractivity (Wildman–Crippen MR) is 65.9 cm³/mol. The minimum atomic E-state index is -1.09. The monoisotopic (exact) mass is 262 g/mol. The molecule has 0 saturated carbocycles. The SMILES string of the molecule is Nc1cc(-c2[nH]nc3ncnc(N)c23)cc(F)c1F. The average molecular weight is 262 g/mol. The van der Waals surface area contributed by atoms with Crippen molar-refractivity contribution >= 4 is 22.5 Å². The minimum absolute atomic E-state index is 0.192. The molecule has 3 rings (SSSR count). The number of halogens is 2. The van der Waals surface area contributed by atoms with Crippen LogP contribution in [0.3, 0.4) is 0 Å². The summed E-state index contributed by atoms with van der Waals surface area (Å²) in [6.45, 7) is 0. The highest BCUT2D eigenvalue weighted by Gasteiger charge is 2.16. The third-order valence-corrected chi connectivity index (χ3v) is 2.73. The third kappa shape index (κ3) is 1.65. The Morgan fingerprint density at radius 2 is 1.89 bits per heavy atom. The van der Waals surface area contributed by atoms with E-state index < -0.39 is 11.6 Å². The van der Waals surface area contributed by atoms with Gasteiger partial charge in [0.15, 0.2) is 17.3 Å². The van der Waals surface area contributed by atoms with Crippen molar-refractivity contribution in [2.45, 2.75) is 0 Å². The van der Waals surface area contributed by atoms with E-state index in [0.717, 1.165) is 6.07 Å². The highest BCUT2D eigenvalue weighted by Crippen LogP contribution is 2.31. The van der Waals surface area contributed by atoms with Crippen LogP contribution in [0, 0.1) is 11.6 Å². The minimum Gasteiger partial charge on any atom is -0.396 e. The number of nitrogens with one attached hydrogen (secondary N) is 1. The lowest BCUT2D eigenvalue weighted by molar-refractivity contribution is 0.512. The van der Waals surface area contributed by atoms with Crippen molar-refractivity contribution in [2.24, 2.45) is 0 Å². The molecule has 19 heavy (non-hydrogen) atoms. The van der Waals surface area contributed by atoms with Gasteiger partial charge in [-0.15, -0.1) is 0 Å². The van der Waals surface area contributed by atoms with Gasteiger partial charge in [-0.25, -0.2) is 18.7 Å². The maximum atomic E-state index is 13.4. The zero-order valence-corrected chi connectivity index (χ0v) is 9.48. The summed E-state index contributed by atoms with van der Waals surface area (Å²) in [4.78, 5) is 7.75. The van der Waals surface area contributed by atoms with E-state index >= 15 is 0 Å². The van der Waals surface area contributed by atoms with Crippen LogP contribution in [0.5, 0.6) is 0 Å². The first-order valence-electron chi connectivity index (χ1n) is 5.27. The molecule has 8 heteroatoms. The number of aromatic amines is 1. The van der Waals surface area contributed by atoms with Gasteiger partial charge in [-0.05, 0) is 12.1 Å². The zero-order valence-electron chi connectivity index (χ0n) is 9.48. The van der Waals surface area contributed by atoms with Gasteiger partial charge in [0.05, 0.1) is 16.8 Å². The number of hydrogen-bond acceptors (Lipinski definition) is 5. The molecule has 96 valence electrons. The Morgan fingerprint density at radius 1 is 1.11 bits per heavy atom. The van der Waals surface area contributed by atoms with Gasteiger partial charge in [-0.1, -0.05) is 0 Å². The first-order chi connectivity index (χ1) is 9.08. The molecule has 0 aliphatic rings. The molecule has 0 aliphatic heterocycles. The van der Waals surface area contributed by atoms with Crippen LogP contribution in [-0.2, 0) is 0 Å². The van der Waals surface area contributed by atoms with Gasteiger partial charge in [0.1, 0.15) is 12.1 Å². The molecular formula is C11H8F2N6. The summed E-state index contributed by atoms with van der Waals surface area (Å²) in [5.74, 6) is -1.94. The van der Waals surface area contributed by atoms with Gasteiger partial charge in [0.25, 0.3) is 0 Å². The van der Waals surface area contributed by atoms with Crippen LogP contribution < -0.4 is 11.5 Å². The van der Waals surface area contributed by atoms with Gasteiger partial charge >= 0.3 is 0 Å². The van der Waals surface area contributed by atoms with Crippen molar-refractivity contribution < 1.29 is 8.78 Å². The van der Waals surface area contributed by atoms with Crippen LogP contribution in [0.4, 0.5) is 20.3 Å². The summed E-state index contributed by atoms with van der Waals surface area (Å²) in [5, 5.41) is 7.03. The molecule has 0 spiro atoms. The molecule has 1 aromatic carbocycles. The van der Waals surface area contributed by atoms with E-state index in [4.69, 9.17) is 11.5 Å². The lowest BCUT2D eigenvalue weighted by Crippen LogP contribution is -1.97. The molecule has 0 saturated heterocycles. The number of nitrogen functional groups attached to an aromatic ring is 2. The van der Waals surface area contributed by atoms with E-state index in [9.17, 15) is 8.78 Å². The van der Waals surface area contributed by atoms with Gasteiger partial charge < -0.3 is 11.5 Å². The number of hydrogen-bond donors (Lipinski definition) is 3. The van der Waals surface area contributed by atoms with E-state index in [-0.39, 0.29) is 11.5 Å². The van der Waals surface area contributed by atoms with Crippen LogP contribution in [-0.4, -0.2) is 20.2 Å². The maximum absolute atomic E-state index is 13.4. The Bertz CT molecular complexity index is 759. The first-order valence-corrected chi connectivity index (χ1v) is 5.27. The number of anilines is 2. The van der Waals surface area contributed by atoms with Gasteiger partial charge in [-0.3, -0.25) is 5.10 Å². The molecule has 6 nitrogen and oxygen atoms in total. The normalized spacial score (nSPS) is 11.1. The quantitative estimate of drug-likeness (QED) is 0.575. The van der Waals surface area contributed by atoms with E-state index in [1.165, 1.54) is 12.4 Å². The van der Waals surface area contributed by atoms with Gasteiger partial charge in [0, 0.05) is 5.56 Å². The van der Waals surface area contributed by atoms with Crippen molar-refractivity contribution in [3.63, 3.8) is 0 Å². The van der Waals surface area contributed by atoms with Crippen LogP contribution in [0.25, 0.3) is 22.3 Å². The molecule has 0 fully saturated rings. The summed E-state index contributed by atoms with van der Waals surface area (Å²) in [6.07, 6.45) is 1.27. The number of aromatic nitrogens is 4. The fourth-order valence-corrected chi connectivity index (χ4v) is 1.84. The lowest BCUT2D eigenvalue weighted by Gasteiger charge is -2.04. The molecule has 2 heterocycles. The Morgan fingerprint density at radius 3 is 2.63 bits per heavy atom. The fraction of sp³-hybridized carbons (Fsp3) is 0. The number of fused-ring (bicyclic) bond motifs is 1. The molecule has 0 unspecified atom stereocenters. The van der Waals surface area contributed by atoms with Crippen LogP contribution in [0.2, 0.25) is 0 Å². The predicted octanol–water partition coefficient (Wildman–Crippen LogP) is 1.46. The van der Waals surface area contributed by atoms with Gasteiger partial charge in [-0.2, -0.15) is 5.10 Å². The molecule has 5 N–H and O–H groups in total. The van der Waals surface area contributed by atoms with Crippen LogP contribution >= 0.6 is 0 Å². The summed E-state index contributed by atoms with van der Waals surface area (Å²) >= 11 is 0. The van der Waals surface area contributed by atoms with Crippen LogP contribution in [0.15, 0.2) is 18.5 Å². The smallest absolute Gasteiger partial charge is 0.186 e. The molecule has 0 atom stereocenters. The van der Waals surface area contributed by atoms with E-state index in [2.05, 4.69) is 20.2 Å². The van der Waals surface area contributed by atoms with Gasteiger partial charge in [0.2, 0.25) is 0 Å². The summed E-state index contributed by atoms with van der Waals surface area (Å²) in [5.41, 5.74) is 11.9. The molecule has 2 aromatic heterocycles. The van der Waals surface area contributed by atoms with E-state index in [1.807, 2.05) is 0 Å². The van der Waals surface area contributed by atoms with E-state index in [0.29, 0.717) is 22.3 Å². The summed E-state index contributed by atoms with van der Waals surface area (Å²) < 4.78 is 26.6. The Kier molecular flexibility index (Phi) is 2.31. The molecular weight excluding hydrogens is 254 g/mol. The molecule has 0 aliphatic carbocycles. The van der Waals surface area contributed by atoms with Crippen molar-refractivity contribution in [2.75, 3.05) is 11.5 Å². The highest BCUT2D eigenvalue weighted by atomic mass is 19.2. The topological polar surface area (TPSA) is 106 Å². The number of rotatable bonds is 1. The Balaban J connectivity index is 2.31. The molecule has 0 bridgehead atoms. The highest BCUT2D eigenvalue weighted by molar-refractivity contribution is 5.98. The molecule has 0 radical (unpaired) electrons. The van der Waals surface area contributed by atoms with Crippen LogP contribution in [0.1, 0.15) is 0 Å². The van der Waals surface area contributed by atoms with Crippen molar-refractivity contribution in [3.05, 3.63) is 30.1 Å². The standard InChI is InChI=1S/C11H8F2N6/c12-5-1-4(2-6(14)8(5)13)9-7-10(15)16-3-17-11(7)19-18-9/h1-3H,14H2,(H3,15,16,17,18,19). The first kappa shape index (κ1) is 11.3. The zero-order chi connectivity index (χ0) is 13.6. The Hall–Kier alpha value is -2.77. The van der Waals surface area contributed by atoms with Crippen molar-refractivity contribution in [3.8, 4) is 11.3 Å². The second kappa shape index (κ2) is 3.87. The van der Waals surface area contributed by atoms with Crippen molar-refractivity contribution in [1.29, 1.82) is 0 Å². The molecule has 3 aromatic rings. The largest absolute Gasteiger partial charge is 0.396 e.